The molecule has 0 aliphatic carbocycles. The summed E-state index contributed by atoms with van der Waals surface area (Å²) in [6.07, 6.45) is 0.628. The molecule has 0 radical (unpaired) electrons. The van der Waals surface area contributed by atoms with Crippen LogP contribution in [0.4, 0.5) is 5.69 Å². The van der Waals surface area contributed by atoms with Crippen LogP contribution in [0.1, 0.15) is 32.8 Å². The van der Waals surface area contributed by atoms with Crippen LogP contribution in [-0.4, -0.2) is 38.1 Å². The first-order valence-corrected chi connectivity index (χ1v) is 13.5. The van der Waals surface area contributed by atoms with Gasteiger partial charge in [0.05, 0.1) is 15.9 Å². The Balaban J connectivity index is 1.82. The number of fused-ring (bicyclic) bond motifs is 1. The first-order chi connectivity index (χ1) is 16.9. The minimum absolute atomic E-state index is 0.0756. The molecule has 3 aromatic rings. The quantitative estimate of drug-likeness (QED) is 0.337. The number of aromatic hydroxyl groups is 1. The van der Waals surface area contributed by atoms with Crippen LogP contribution in [0, 0.1) is 5.41 Å². The number of hydrogen-bond donors (Lipinski definition) is 4. The maximum absolute atomic E-state index is 13.4. The Morgan fingerprint density at radius 1 is 1.31 bits per heavy atom. The number of carbonyl (C=O) groups excluding carboxylic acids is 1. The van der Waals surface area contributed by atoms with Crippen LogP contribution in [0.25, 0.3) is 10.6 Å². The van der Waals surface area contributed by atoms with E-state index in [9.17, 15) is 24.2 Å². The standard InChI is InChI=1S/C23H26N5O6PS/c1-23(2,3)8-9-28-22(31)18(20(30)19(26-28)16-5-4-10-36-16)21-25-14-7-6-13(34-12-17(24)29)11-15(14)35(32,33)27-21/h4-7,10-11,30H,8-9,12H2,1-3H3,(H2,24,29)(H2,25,27,32,33). The van der Waals surface area contributed by atoms with Gasteiger partial charge in [-0.1, -0.05) is 26.8 Å². The molecule has 1 aromatic carbocycles. The number of nitrogens with two attached hydrogens (primary N) is 1. The second kappa shape index (κ2) is 9.53. The number of hydrogen-bond acceptors (Lipinski definition) is 8. The lowest BCUT2D eigenvalue weighted by molar-refractivity contribution is -0.119. The number of aryl methyl sites for hydroxylation is 1. The number of aromatic nitrogens is 2. The van der Waals surface area contributed by atoms with E-state index in [4.69, 9.17) is 10.5 Å². The number of ether oxygens (including phenoxy) is 1. The third kappa shape index (κ3) is 5.35. The van der Waals surface area contributed by atoms with E-state index in [2.05, 4.69) is 15.2 Å². The summed E-state index contributed by atoms with van der Waals surface area (Å²) in [6.45, 7) is 5.97. The molecule has 2 aromatic heterocycles. The van der Waals surface area contributed by atoms with Crippen LogP contribution in [0.5, 0.6) is 11.5 Å². The molecule has 5 N–H and O–H groups in total. The van der Waals surface area contributed by atoms with Crippen LogP contribution in [0.2, 0.25) is 0 Å². The van der Waals surface area contributed by atoms with E-state index in [1.54, 1.807) is 12.1 Å². The molecular formula is C23H26N5O6PS. The number of nitrogens with one attached hydrogen (secondary N) is 1. The van der Waals surface area contributed by atoms with Gasteiger partial charge in [-0.2, -0.15) is 9.86 Å². The van der Waals surface area contributed by atoms with Crippen molar-refractivity contribution in [1.82, 2.24) is 9.78 Å². The minimum Gasteiger partial charge on any atom is -0.505 e. The fourth-order valence-electron chi connectivity index (χ4n) is 3.50. The highest BCUT2D eigenvalue weighted by Crippen LogP contribution is 2.48. The van der Waals surface area contributed by atoms with Gasteiger partial charge in [0, 0.05) is 6.54 Å². The van der Waals surface area contributed by atoms with Gasteiger partial charge in [0.1, 0.15) is 17.0 Å². The number of nitrogens with zero attached hydrogens (tertiary/aromatic N) is 3. The van der Waals surface area contributed by atoms with Crippen molar-refractivity contribution in [3.05, 3.63) is 51.6 Å². The molecule has 1 atom stereocenters. The van der Waals surface area contributed by atoms with Gasteiger partial charge >= 0.3 is 7.52 Å². The average molecular weight is 532 g/mol. The van der Waals surface area contributed by atoms with E-state index < -0.39 is 31.3 Å². The summed E-state index contributed by atoms with van der Waals surface area (Å²) in [7, 11) is -4.39. The van der Waals surface area contributed by atoms with Crippen molar-refractivity contribution in [2.45, 2.75) is 33.7 Å². The highest BCUT2D eigenvalue weighted by atomic mass is 32.1. The number of benzene rings is 1. The molecule has 1 aliphatic heterocycles. The van der Waals surface area contributed by atoms with Crippen LogP contribution in [0.15, 0.2) is 45.3 Å². The van der Waals surface area contributed by atoms with Crippen molar-refractivity contribution in [3.8, 4) is 22.1 Å². The molecule has 11 nitrogen and oxygen atoms in total. The van der Waals surface area contributed by atoms with Gasteiger partial charge in [-0.05, 0) is 41.5 Å². The second-order valence-electron chi connectivity index (χ2n) is 9.44. The second-order valence-corrected chi connectivity index (χ2v) is 12.2. The minimum atomic E-state index is -4.39. The molecule has 1 amide bonds. The first kappa shape index (κ1) is 25.6. The topological polar surface area (TPSA) is 169 Å². The van der Waals surface area contributed by atoms with E-state index in [0.29, 0.717) is 11.3 Å². The van der Waals surface area contributed by atoms with Crippen molar-refractivity contribution in [3.63, 3.8) is 0 Å². The Bertz CT molecular complexity index is 1460. The van der Waals surface area contributed by atoms with Crippen LogP contribution in [0.3, 0.4) is 0 Å². The van der Waals surface area contributed by atoms with Gasteiger partial charge in [0.25, 0.3) is 11.5 Å². The Hall–Kier alpha value is -3.47. The van der Waals surface area contributed by atoms with E-state index >= 15 is 0 Å². The van der Waals surface area contributed by atoms with Gasteiger partial charge in [0.15, 0.2) is 18.2 Å². The lowest BCUT2D eigenvalue weighted by Crippen LogP contribution is -2.35. The molecule has 0 saturated heterocycles. The van der Waals surface area contributed by atoms with Crippen molar-refractivity contribution in [1.29, 1.82) is 0 Å². The van der Waals surface area contributed by atoms with E-state index in [0.717, 1.165) is 0 Å². The molecular weight excluding hydrogens is 505 g/mol. The number of carbonyl (C=O) groups is 1. The molecule has 1 aliphatic rings. The summed E-state index contributed by atoms with van der Waals surface area (Å²) in [4.78, 5) is 35.8. The monoisotopic (exact) mass is 531 g/mol. The van der Waals surface area contributed by atoms with Crippen molar-refractivity contribution in [2.24, 2.45) is 15.9 Å². The summed E-state index contributed by atoms with van der Waals surface area (Å²) in [5, 5.41) is 20.1. The largest absolute Gasteiger partial charge is 0.505 e. The summed E-state index contributed by atoms with van der Waals surface area (Å²) < 4.78 is 23.6. The zero-order chi connectivity index (χ0) is 26.3. The number of amides is 1. The number of amidine groups is 1. The Morgan fingerprint density at radius 3 is 2.69 bits per heavy atom. The summed E-state index contributed by atoms with van der Waals surface area (Å²) in [5.74, 6) is -1.23. The predicted molar refractivity (Wildman–Crippen MR) is 138 cm³/mol. The van der Waals surface area contributed by atoms with Crippen LogP contribution >= 0.6 is 18.9 Å². The molecule has 190 valence electrons. The summed E-state index contributed by atoms with van der Waals surface area (Å²) in [6, 6.07) is 7.75. The molecule has 36 heavy (non-hydrogen) atoms. The maximum Gasteiger partial charge on any atom is 0.346 e. The summed E-state index contributed by atoms with van der Waals surface area (Å²) in [5.41, 5.74) is 4.47. The summed E-state index contributed by atoms with van der Waals surface area (Å²) >= 11 is 1.33. The molecule has 0 spiro atoms. The van der Waals surface area contributed by atoms with Gasteiger partial charge in [-0.3, -0.25) is 14.2 Å². The SMILES string of the molecule is CC(C)(C)CCn1nc(-c2cccs2)c(O)c(C2=NP(=O)(O)c3cc(OCC(N)=O)ccc3N2)c1=O. The molecule has 0 fully saturated rings. The molecule has 1 unspecified atom stereocenters. The lowest BCUT2D eigenvalue weighted by atomic mass is 9.92. The predicted octanol–water partition coefficient (Wildman–Crippen LogP) is 2.66. The Kier molecular flexibility index (Phi) is 6.78. The maximum atomic E-state index is 13.4. The van der Waals surface area contributed by atoms with Crippen LogP contribution in [-0.2, 0) is 15.9 Å². The smallest absolute Gasteiger partial charge is 0.346 e. The fraction of sp³-hybridized carbons (Fsp3) is 0.304. The van der Waals surface area contributed by atoms with Crippen molar-refractivity contribution in [2.75, 3.05) is 11.9 Å². The van der Waals surface area contributed by atoms with Gasteiger partial charge < -0.3 is 25.8 Å². The fourth-order valence-corrected chi connectivity index (χ4v) is 5.48. The number of anilines is 1. The third-order valence-electron chi connectivity index (χ3n) is 5.35. The van der Waals surface area contributed by atoms with Crippen molar-refractivity contribution < 1.29 is 24.1 Å². The zero-order valence-corrected chi connectivity index (χ0v) is 21.6. The number of rotatable bonds is 7. The van der Waals surface area contributed by atoms with Gasteiger partial charge in [-0.15, -0.1) is 11.3 Å². The third-order valence-corrected chi connectivity index (χ3v) is 7.69. The lowest BCUT2D eigenvalue weighted by Gasteiger charge is -2.24. The Labute approximate surface area is 210 Å². The number of primary amides is 1. The average Bonchev–Trinajstić information content (AvgIpc) is 3.31. The zero-order valence-electron chi connectivity index (χ0n) is 19.9. The van der Waals surface area contributed by atoms with E-state index in [1.165, 1.54) is 34.2 Å². The van der Waals surface area contributed by atoms with E-state index in [1.807, 2.05) is 26.2 Å². The first-order valence-electron chi connectivity index (χ1n) is 11.0. The van der Waals surface area contributed by atoms with Gasteiger partial charge in [0.2, 0.25) is 0 Å². The van der Waals surface area contributed by atoms with Crippen LogP contribution < -0.4 is 26.7 Å². The molecule has 0 saturated carbocycles. The molecule has 4 rings (SSSR count). The normalized spacial score (nSPS) is 17.2. The van der Waals surface area contributed by atoms with Gasteiger partial charge in [-0.25, -0.2) is 4.68 Å². The van der Waals surface area contributed by atoms with Crippen molar-refractivity contribution >= 4 is 41.6 Å². The molecule has 3 heterocycles. The highest BCUT2D eigenvalue weighted by molar-refractivity contribution is 7.65. The Morgan fingerprint density at radius 2 is 2.06 bits per heavy atom. The molecule has 13 heteroatoms. The molecule has 0 bridgehead atoms. The highest BCUT2D eigenvalue weighted by Gasteiger charge is 2.34. The number of thiophene rings is 1. The van der Waals surface area contributed by atoms with E-state index in [-0.39, 0.29) is 45.8 Å².